The summed E-state index contributed by atoms with van der Waals surface area (Å²) in [5.74, 6) is 0. The van der Waals surface area contributed by atoms with Gasteiger partial charge in [0.1, 0.15) is 0 Å². The molecular formula is C10H12N4O2. The number of nitrogens with zero attached hydrogens (tertiary/aromatic N) is 1. The molecule has 1 aromatic heterocycles. The van der Waals surface area contributed by atoms with Gasteiger partial charge in [0.2, 0.25) is 0 Å². The largest absolute Gasteiger partial charge is 0.399 e. The Morgan fingerprint density at radius 3 is 2.50 bits per heavy atom. The zero-order valence-electron chi connectivity index (χ0n) is 8.78. The average molecular weight is 220 g/mol. The van der Waals surface area contributed by atoms with E-state index >= 15 is 0 Å². The van der Waals surface area contributed by atoms with Crippen molar-refractivity contribution in [3.05, 3.63) is 50.3 Å². The number of benzene rings is 1. The van der Waals surface area contributed by atoms with Crippen LogP contribution in [0, 0.1) is 6.92 Å². The van der Waals surface area contributed by atoms with E-state index in [-0.39, 0.29) is 6.54 Å². The molecule has 2 rings (SSSR count). The fourth-order valence-corrected chi connectivity index (χ4v) is 1.52. The number of nitrogens with one attached hydrogen (secondary N) is 2. The normalized spacial score (nSPS) is 10.6. The Balaban J connectivity index is 2.46. The number of anilines is 1. The molecule has 0 unspecified atom stereocenters. The van der Waals surface area contributed by atoms with Crippen LogP contribution in [0.4, 0.5) is 5.69 Å². The van der Waals surface area contributed by atoms with E-state index < -0.39 is 11.4 Å². The van der Waals surface area contributed by atoms with Crippen molar-refractivity contribution in [1.82, 2.24) is 14.8 Å². The first kappa shape index (κ1) is 10.3. The molecule has 16 heavy (non-hydrogen) atoms. The molecule has 0 spiro atoms. The van der Waals surface area contributed by atoms with Crippen LogP contribution in [0.15, 0.2) is 27.8 Å². The lowest BCUT2D eigenvalue weighted by atomic mass is 10.1. The number of rotatable bonds is 2. The summed E-state index contributed by atoms with van der Waals surface area (Å²) in [5.41, 5.74) is 7.23. The van der Waals surface area contributed by atoms with Crippen molar-refractivity contribution >= 4 is 5.69 Å². The zero-order valence-corrected chi connectivity index (χ0v) is 8.78. The second-order valence-corrected chi connectivity index (χ2v) is 3.58. The summed E-state index contributed by atoms with van der Waals surface area (Å²) in [5, 5.41) is 4.46. The number of nitrogens with two attached hydrogens (primary N) is 1. The Bertz CT molecular complexity index is 593. The van der Waals surface area contributed by atoms with Crippen molar-refractivity contribution < 1.29 is 0 Å². The number of hydrogen-bond acceptors (Lipinski definition) is 3. The predicted molar refractivity (Wildman–Crippen MR) is 60.4 cm³/mol. The van der Waals surface area contributed by atoms with Crippen LogP contribution >= 0.6 is 0 Å². The zero-order chi connectivity index (χ0) is 11.7. The fraction of sp³-hybridized carbons (Fsp3) is 0.200. The SMILES string of the molecule is Cc1c(N)cccc1Cn1c(=O)[nH][nH]c1=O. The van der Waals surface area contributed by atoms with Crippen LogP contribution in [-0.4, -0.2) is 14.8 Å². The van der Waals surface area contributed by atoms with Crippen LogP contribution in [0.3, 0.4) is 0 Å². The highest BCUT2D eigenvalue weighted by atomic mass is 16.2. The van der Waals surface area contributed by atoms with Crippen molar-refractivity contribution in [2.24, 2.45) is 0 Å². The van der Waals surface area contributed by atoms with Gasteiger partial charge in [0.15, 0.2) is 0 Å². The van der Waals surface area contributed by atoms with E-state index in [9.17, 15) is 9.59 Å². The van der Waals surface area contributed by atoms with Gasteiger partial charge in [-0.1, -0.05) is 12.1 Å². The highest BCUT2D eigenvalue weighted by Gasteiger charge is 2.06. The van der Waals surface area contributed by atoms with Gasteiger partial charge in [-0.2, -0.15) is 0 Å². The van der Waals surface area contributed by atoms with E-state index in [1.165, 1.54) is 0 Å². The van der Waals surface area contributed by atoms with E-state index in [0.29, 0.717) is 5.69 Å². The summed E-state index contributed by atoms with van der Waals surface area (Å²) in [4.78, 5) is 22.6. The van der Waals surface area contributed by atoms with Gasteiger partial charge in [0.05, 0.1) is 6.54 Å². The number of nitrogen functional groups attached to an aromatic ring is 1. The van der Waals surface area contributed by atoms with Crippen LogP contribution in [0.1, 0.15) is 11.1 Å². The topological polar surface area (TPSA) is 96.7 Å². The third-order valence-corrected chi connectivity index (χ3v) is 2.58. The molecule has 84 valence electrons. The molecule has 1 aromatic carbocycles. The maximum atomic E-state index is 11.3. The second-order valence-electron chi connectivity index (χ2n) is 3.58. The molecule has 0 saturated heterocycles. The Labute approximate surface area is 90.7 Å². The summed E-state index contributed by atoms with van der Waals surface area (Å²) < 4.78 is 1.09. The minimum Gasteiger partial charge on any atom is -0.399 e. The summed E-state index contributed by atoms with van der Waals surface area (Å²) in [6.45, 7) is 2.07. The molecule has 0 aliphatic carbocycles. The number of hydrogen-bond donors (Lipinski definition) is 3. The van der Waals surface area contributed by atoms with Gasteiger partial charge in [-0.25, -0.2) is 24.4 Å². The molecule has 0 radical (unpaired) electrons. The van der Waals surface area contributed by atoms with Crippen molar-refractivity contribution in [3.8, 4) is 0 Å². The molecule has 0 bridgehead atoms. The van der Waals surface area contributed by atoms with Crippen LogP contribution in [0.25, 0.3) is 0 Å². The minimum absolute atomic E-state index is 0.217. The van der Waals surface area contributed by atoms with Crippen molar-refractivity contribution in [1.29, 1.82) is 0 Å². The summed E-state index contributed by atoms with van der Waals surface area (Å²) in [6.07, 6.45) is 0. The smallest absolute Gasteiger partial charge is 0.344 e. The lowest BCUT2D eigenvalue weighted by molar-refractivity contribution is 0.730. The van der Waals surface area contributed by atoms with Gasteiger partial charge in [-0.15, -0.1) is 0 Å². The van der Waals surface area contributed by atoms with Crippen LogP contribution < -0.4 is 17.1 Å². The summed E-state index contributed by atoms with van der Waals surface area (Å²) >= 11 is 0. The van der Waals surface area contributed by atoms with E-state index in [1.54, 1.807) is 12.1 Å². The highest BCUT2D eigenvalue weighted by molar-refractivity contribution is 5.49. The second kappa shape index (κ2) is 3.73. The molecular weight excluding hydrogens is 208 g/mol. The minimum atomic E-state index is -0.452. The maximum Gasteiger partial charge on any atom is 0.344 e. The maximum absolute atomic E-state index is 11.3. The lowest BCUT2D eigenvalue weighted by Crippen LogP contribution is -2.27. The number of aromatic amines is 2. The number of aromatic nitrogens is 3. The van der Waals surface area contributed by atoms with Gasteiger partial charge in [0, 0.05) is 5.69 Å². The molecule has 0 amide bonds. The van der Waals surface area contributed by atoms with E-state index in [4.69, 9.17) is 5.73 Å². The highest BCUT2D eigenvalue weighted by Crippen LogP contribution is 2.15. The van der Waals surface area contributed by atoms with Gasteiger partial charge < -0.3 is 5.73 Å². The predicted octanol–water partition coefficient (Wildman–Crippen LogP) is -0.196. The standard InChI is InChI=1S/C10H12N4O2/c1-6-7(3-2-4-8(6)11)5-14-9(15)12-13-10(14)16/h2-4H,5,11H2,1H3,(H,12,15)(H,13,16). The first-order valence-electron chi connectivity index (χ1n) is 4.81. The van der Waals surface area contributed by atoms with Gasteiger partial charge >= 0.3 is 11.4 Å². The Morgan fingerprint density at radius 1 is 1.25 bits per heavy atom. The molecule has 2 aromatic rings. The van der Waals surface area contributed by atoms with Crippen LogP contribution in [0.5, 0.6) is 0 Å². The molecule has 6 heteroatoms. The molecule has 0 saturated carbocycles. The van der Waals surface area contributed by atoms with Crippen molar-refractivity contribution in [2.45, 2.75) is 13.5 Å². The Hall–Kier alpha value is -2.24. The molecule has 0 aliphatic heterocycles. The van der Waals surface area contributed by atoms with Gasteiger partial charge in [0.25, 0.3) is 0 Å². The molecule has 0 fully saturated rings. The molecule has 6 nitrogen and oxygen atoms in total. The van der Waals surface area contributed by atoms with Gasteiger partial charge in [-0.05, 0) is 24.1 Å². The van der Waals surface area contributed by atoms with Crippen LogP contribution in [0.2, 0.25) is 0 Å². The van der Waals surface area contributed by atoms with E-state index in [1.807, 2.05) is 13.0 Å². The van der Waals surface area contributed by atoms with E-state index in [0.717, 1.165) is 15.7 Å². The average Bonchev–Trinajstić information content (AvgIpc) is 2.56. The molecule has 0 aliphatic rings. The Kier molecular flexibility index (Phi) is 2.40. The summed E-state index contributed by atoms with van der Waals surface area (Å²) in [7, 11) is 0. The first-order chi connectivity index (χ1) is 7.59. The molecule has 1 heterocycles. The van der Waals surface area contributed by atoms with Crippen LogP contribution in [-0.2, 0) is 6.54 Å². The molecule has 0 atom stereocenters. The van der Waals surface area contributed by atoms with Crippen molar-refractivity contribution in [3.63, 3.8) is 0 Å². The molecule has 4 N–H and O–H groups in total. The monoisotopic (exact) mass is 220 g/mol. The Morgan fingerprint density at radius 2 is 1.88 bits per heavy atom. The summed E-state index contributed by atoms with van der Waals surface area (Å²) in [6, 6.07) is 5.41. The van der Waals surface area contributed by atoms with Crippen molar-refractivity contribution in [2.75, 3.05) is 5.73 Å². The first-order valence-corrected chi connectivity index (χ1v) is 4.81. The third kappa shape index (κ3) is 1.65. The fourth-order valence-electron chi connectivity index (χ4n) is 1.52. The third-order valence-electron chi connectivity index (χ3n) is 2.58. The van der Waals surface area contributed by atoms with Gasteiger partial charge in [-0.3, -0.25) is 0 Å². The quantitative estimate of drug-likeness (QED) is 0.611. The number of H-pyrrole nitrogens is 2. The van der Waals surface area contributed by atoms with E-state index in [2.05, 4.69) is 10.2 Å². The lowest BCUT2D eigenvalue weighted by Gasteiger charge is -2.07.